The van der Waals surface area contributed by atoms with Crippen LogP contribution in [0.4, 0.5) is 0 Å². The van der Waals surface area contributed by atoms with E-state index in [4.69, 9.17) is 9.47 Å². The van der Waals surface area contributed by atoms with Gasteiger partial charge in [0, 0.05) is 29.1 Å². The maximum absolute atomic E-state index is 5.91. The van der Waals surface area contributed by atoms with E-state index in [-0.39, 0.29) is 4.32 Å². The first kappa shape index (κ1) is 15.2. The van der Waals surface area contributed by atoms with Gasteiger partial charge in [0.1, 0.15) is 8.65 Å². The summed E-state index contributed by atoms with van der Waals surface area (Å²) in [5.74, 6) is -0.0330. The second-order valence-electron chi connectivity index (χ2n) is 5.43. The van der Waals surface area contributed by atoms with E-state index < -0.39 is 10.1 Å². The van der Waals surface area contributed by atoms with Gasteiger partial charge in [-0.25, -0.2) is 0 Å². The summed E-state index contributed by atoms with van der Waals surface area (Å²) in [7, 11) is 3.41. The first-order valence-corrected chi connectivity index (χ1v) is 9.20. The summed E-state index contributed by atoms with van der Waals surface area (Å²) in [5, 5.41) is 0. The lowest BCUT2D eigenvalue weighted by molar-refractivity contribution is -0.214. The zero-order chi connectivity index (χ0) is 14.2. The van der Waals surface area contributed by atoms with Crippen molar-refractivity contribution in [2.45, 2.75) is 27.8 Å². The molecular weight excluding hydrogens is 508 g/mol. The number of methoxy groups -OCH3 is 2. The van der Waals surface area contributed by atoms with E-state index in [2.05, 4.69) is 76.7 Å². The van der Waals surface area contributed by atoms with Crippen LogP contribution in [0.3, 0.4) is 0 Å². The van der Waals surface area contributed by atoms with Crippen LogP contribution in [0.2, 0.25) is 0 Å². The van der Waals surface area contributed by atoms with Gasteiger partial charge in [0.15, 0.2) is 0 Å². The molecule has 0 aromatic carbocycles. The van der Waals surface area contributed by atoms with Crippen molar-refractivity contribution < 1.29 is 9.47 Å². The summed E-state index contributed by atoms with van der Waals surface area (Å²) >= 11 is 15.4. The Morgan fingerprint density at radius 3 is 2.16 bits per heavy atom. The minimum absolute atomic E-state index is 0.336. The van der Waals surface area contributed by atoms with E-state index in [9.17, 15) is 0 Å². The van der Waals surface area contributed by atoms with Crippen molar-refractivity contribution >= 4 is 63.7 Å². The number of ether oxygens (including phenoxy) is 2. The van der Waals surface area contributed by atoms with Gasteiger partial charge in [0.25, 0.3) is 0 Å². The van der Waals surface area contributed by atoms with E-state index >= 15 is 0 Å². The minimum atomic E-state index is -0.774. The zero-order valence-electron chi connectivity index (χ0n) is 10.8. The molecule has 0 aliphatic heterocycles. The first-order valence-electron chi connectivity index (χ1n) is 6.03. The summed E-state index contributed by atoms with van der Waals surface area (Å²) < 4.78 is 13.2. The topological polar surface area (TPSA) is 18.5 Å². The van der Waals surface area contributed by atoms with Crippen LogP contribution in [-0.2, 0) is 9.47 Å². The fourth-order valence-corrected chi connectivity index (χ4v) is 9.14. The Morgan fingerprint density at radius 1 is 1.11 bits per heavy atom. The van der Waals surface area contributed by atoms with Crippen LogP contribution in [0.5, 0.6) is 0 Å². The fourth-order valence-electron chi connectivity index (χ4n) is 4.07. The molecule has 0 heterocycles. The summed E-state index contributed by atoms with van der Waals surface area (Å²) in [4.78, 5) is 0. The Labute approximate surface area is 146 Å². The fraction of sp³-hybridized carbons (Fsp3) is 0.692. The number of alkyl halides is 2. The van der Waals surface area contributed by atoms with Gasteiger partial charge < -0.3 is 9.47 Å². The molecule has 2 nitrogen and oxygen atoms in total. The van der Waals surface area contributed by atoms with Gasteiger partial charge in [-0.05, 0) is 19.3 Å². The Kier molecular flexibility index (Phi) is 3.54. The maximum atomic E-state index is 5.91. The van der Waals surface area contributed by atoms with Crippen LogP contribution in [0, 0.1) is 11.8 Å². The van der Waals surface area contributed by atoms with Gasteiger partial charge in [-0.3, -0.25) is 0 Å². The van der Waals surface area contributed by atoms with E-state index in [0.29, 0.717) is 11.8 Å². The third kappa shape index (κ3) is 1.36. The second-order valence-corrected chi connectivity index (χ2v) is 9.51. The Hall–Kier alpha value is 1.32. The van der Waals surface area contributed by atoms with Gasteiger partial charge in [-0.1, -0.05) is 75.4 Å². The third-order valence-electron chi connectivity index (χ3n) is 4.77. The summed E-state index contributed by atoms with van der Waals surface area (Å²) in [6, 6.07) is 0. The number of rotatable bonds is 2. The van der Waals surface area contributed by atoms with Crippen molar-refractivity contribution in [3.8, 4) is 0 Å². The molecule has 0 radical (unpaired) electrons. The molecular formula is C13H14Br4O2. The third-order valence-corrected chi connectivity index (χ3v) is 11.4. The number of hydrogen-bond donors (Lipinski definition) is 0. The molecule has 19 heavy (non-hydrogen) atoms. The Balaban J connectivity index is 2.30. The molecule has 0 spiro atoms. The molecule has 0 aromatic heterocycles. The van der Waals surface area contributed by atoms with Crippen LogP contribution in [0.15, 0.2) is 20.6 Å². The molecule has 4 unspecified atom stereocenters. The average Bonchev–Trinajstić information content (AvgIpc) is 2.89. The molecule has 3 aliphatic carbocycles. The van der Waals surface area contributed by atoms with Crippen molar-refractivity contribution in [1.82, 2.24) is 0 Å². The quantitative estimate of drug-likeness (QED) is 0.294. The molecule has 0 saturated heterocycles. The molecule has 0 amide bonds. The molecule has 3 rings (SSSR count). The molecule has 0 aromatic rings. The van der Waals surface area contributed by atoms with E-state index in [0.717, 1.165) is 15.4 Å². The van der Waals surface area contributed by atoms with Crippen molar-refractivity contribution in [3.63, 3.8) is 0 Å². The van der Waals surface area contributed by atoms with E-state index in [1.54, 1.807) is 14.2 Å². The highest BCUT2D eigenvalue weighted by Crippen LogP contribution is 2.77. The minimum Gasteiger partial charge on any atom is -0.350 e. The molecule has 4 atom stereocenters. The predicted molar refractivity (Wildman–Crippen MR) is 90.3 cm³/mol. The van der Waals surface area contributed by atoms with Crippen molar-refractivity contribution in [2.24, 2.45) is 11.8 Å². The van der Waals surface area contributed by atoms with Gasteiger partial charge in [0.2, 0.25) is 5.79 Å². The Bertz CT molecular complexity index is 511. The SMILES string of the molecule is COC1(OC)C2(Br)C(Br)=C(Br)C1(Br)C1CC(C)=CC12. The average molecular weight is 522 g/mol. The van der Waals surface area contributed by atoms with Crippen molar-refractivity contribution in [1.29, 1.82) is 0 Å². The summed E-state index contributed by atoms with van der Waals surface area (Å²) in [5.41, 5.74) is 1.42. The maximum Gasteiger partial charge on any atom is 0.209 e. The molecule has 1 fully saturated rings. The monoisotopic (exact) mass is 518 g/mol. The standard InChI is InChI=1S/C13H14Br4O2/c1-6-4-7-8(5-6)12(17)10(15)9(14)11(7,16)13(12,18-2)19-3/h4,7-8H,5H2,1-3H3. The lowest BCUT2D eigenvalue weighted by Gasteiger charge is -2.42. The lowest BCUT2D eigenvalue weighted by atomic mass is 9.85. The van der Waals surface area contributed by atoms with Gasteiger partial charge >= 0.3 is 0 Å². The molecule has 2 bridgehead atoms. The normalized spacial score (nSPS) is 46.8. The zero-order valence-corrected chi connectivity index (χ0v) is 17.1. The number of fused-ring (bicyclic) bond motifs is 5. The first-order chi connectivity index (χ1) is 8.81. The van der Waals surface area contributed by atoms with Gasteiger partial charge in [0.05, 0.1) is 0 Å². The molecule has 106 valence electrons. The summed E-state index contributed by atoms with van der Waals surface area (Å²) in [6.07, 6.45) is 3.39. The van der Waals surface area contributed by atoms with Gasteiger partial charge in [-0.15, -0.1) is 0 Å². The smallest absolute Gasteiger partial charge is 0.209 e. The van der Waals surface area contributed by atoms with Crippen LogP contribution >= 0.6 is 63.7 Å². The predicted octanol–water partition coefficient (Wildman–Crippen LogP) is 4.85. The van der Waals surface area contributed by atoms with E-state index in [1.807, 2.05) is 0 Å². The van der Waals surface area contributed by atoms with E-state index in [1.165, 1.54) is 5.57 Å². The van der Waals surface area contributed by atoms with Crippen molar-refractivity contribution in [2.75, 3.05) is 14.2 Å². The van der Waals surface area contributed by atoms with Gasteiger partial charge in [-0.2, -0.15) is 0 Å². The molecule has 1 saturated carbocycles. The highest BCUT2D eigenvalue weighted by atomic mass is 79.9. The van der Waals surface area contributed by atoms with Crippen LogP contribution in [0.25, 0.3) is 0 Å². The highest BCUT2D eigenvalue weighted by molar-refractivity contribution is 9.16. The number of allylic oxidation sites excluding steroid dienone is 2. The highest BCUT2D eigenvalue weighted by Gasteiger charge is 2.83. The molecule has 3 aliphatic rings. The lowest BCUT2D eigenvalue weighted by Crippen LogP contribution is -2.57. The van der Waals surface area contributed by atoms with Crippen LogP contribution in [-0.4, -0.2) is 28.7 Å². The second kappa shape index (κ2) is 4.42. The number of halogens is 4. The molecule has 0 N–H and O–H groups in total. The number of hydrogen-bond acceptors (Lipinski definition) is 2. The van der Waals surface area contributed by atoms with Crippen molar-refractivity contribution in [3.05, 3.63) is 20.6 Å². The van der Waals surface area contributed by atoms with Crippen LogP contribution < -0.4 is 0 Å². The van der Waals surface area contributed by atoms with Crippen LogP contribution in [0.1, 0.15) is 13.3 Å². The summed E-state index contributed by atoms with van der Waals surface area (Å²) in [6.45, 7) is 2.19. The largest absolute Gasteiger partial charge is 0.350 e. The Morgan fingerprint density at radius 2 is 1.63 bits per heavy atom. The molecule has 6 heteroatoms.